The lowest BCUT2D eigenvalue weighted by Crippen LogP contribution is -2.45. The number of fused-ring (bicyclic) bond motifs is 2. The summed E-state index contributed by atoms with van der Waals surface area (Å²) >= 11 is 3.55. The van der Waals surface area contributed by atoms with E-state index in [1.165, 1.54) is 12.8 Å². The quantitative estimate of drug-likeness (QED) is 0.493. The van der Waals surface area contributed by atoms with Crippen LogP contribution in [-0.4, -0.2) is 46.2 Å². The van der Waals surface area contributed by atoms with Crippen molar-refractivity contribution in [3.05, 3.63) is 35.9 Å². The predicted octanol–water partition coefficient (Wildman–Crippen LogP) is 2.65. The first-order valence-corrected chi connectivity index (χ1v) is 9.03. The zero-order valence-corrected chi connectivity index (χ0v) is 14.1. The van der Waals surface area contributed by atoms with E-state index in [4.69, 9.17) is 4.74 Å². The van der Waals surface area contributed by atoms with Crippen LogP contribution in [0.1, 0.15) is 37.2 Å². The van der Waals surface area contributed by atoms with Crippen LogP contribution >= 0.6 is 15.9 Å². The molecule has 2 aliphatic rings. The van der Waals surface area contributed by atoms with Gasteiger partial charge in [0.2, 0.25) is 0 Å². The van der Waals surface area contributed by atoms with Crippen molar-refractivity contribution < 1.29 is 14.6 Å². The van der Waals surface area contributed by atoms with Crippen LogP contribution in [0, 0.1) is 0 Å². The number of aliphatic hydroxyl groups is 1. The van der Waals surface area contributed by atoms with Crippen LogP contribution < -0.4 is 0 Å². The molecule has 0 saturated carbocycles. The molecular formula is C17H22BrNO3. The molecule has 120 valence electrons. The molecule has 0 spiro atoms. The van der Waals surface area contributed by atoms with Crippen molar-refractivity contribution in [2.75, 3.05) is 12.1 Å². The summed E-state index contributed by atoms with van der Waals surface area (Å²) in [5.41, 5.74) is 1.71. The van der Waals surface area contributed by atoms with E-state index in [0.29, 0.717) is 12.1 Å². The van der Waals surface area contributed by atoms with E-state index in [9.17, 15) is 9.90 Å². The maximum atomic E-state index is 12.4. The van der Waals surface area contributed by atoms with Crippen LogP contribution in [0.3, 0.4) is 0 Å². The van der Waals surface area contributed by atoms with Gasteiger partial charge in [-0.2, -0.15) is 0 Å². The van der Waals surface area contributed by atoms with Gasteiger partial charge in [-0.1, -0.05) is 46.3 Å². The fourth-order valence-electron chi connectivity index (χ4n) is 3.76. The standard InChI is InChI=1S/C17H22BrNO3/c18-11-19-13-6-7-14(19)9-15(8-13)22-17(21)16(10-20)12-4-2-1-3-5-12/h1-5,13-16,20H,6-11H2/t13-,14+,15+,16?. The molecule has 0 amide bonds. The molecular weight excluding hydrogens is 346 g/mol. The van der Waals surface area contributed by atoms with Crippen molar-refractivity contribution in [2.45, 2.75) is 49.8 Å². The molecule has 2 heterocycles. The van der Waals surface area contributed by atoms with E-state index in [1.54, 1.807) is 0 Å². The second kappa shape index (κ2) is 7.11. The Morgan fingerprint density at radius 3 is 2.45 bits per heavy atom. The third-order valence-corrected chi connectivity index (χ3v) is 5.51. The molecule has 2 fully saturated rings. The smallest absolute Gasteiger partial charge is 0.316 e. The molecule has 22 heavy (non-hydrogen) atoms. The molecule has 4 nitrogen and oxygen atoms in total. The number of benzene rings is 1. The fourth-order valence-corrected chi connectivity index (χ4v) is 4.58. The van der Waals surface area contributed by atoms with Gasteiger partial charge in [0.25, 0.3) is 0 Å². The number of rotatable bonds is 5. The van der Waals surface area contributed by atoms with Gasteiger partial charge in [-0.05, 0) is 18.4 Å². The molecule has 1 unspecified atom stereocenters. The van der Waals surface area contributed by atoms with Gasteiger partial charge in [-0.3, -0.25) is 9.69 Å². The van der Waals surface area contributed by atoms with Crippen LogP contribution in [0.15, 0.2) is 30.3 Å². The number of piperidine rings is 1. The molecule has 0 aliphatic carbocycles. The third kappa shape index (κ3) is 3.21. The number of alkyl halides is 1. The monoisotopic (exact) mass is 367 g/mol. The number of halogens is 1. The van der Waals surface area contributed by atoms with Crippen molar-refractivity contribution in [3.8, 4) is 0 Å². The lowest BCUT2D eigenvalue weighted by Gasteiger charge is -2.37. The highest BCUT2D eigenvalue weighted by Crippen LogP contribution is 2.37. The van der Waals surface area contributed by atoms with Gasteiger partial charge in [0.05, 0.1) is 12.1 Å². The lowest BCUT2D eigenvalue weighted by atomic mass is 9.98. The summed E-state index contributed by atoms with van der Waals surface area (Å²) in [6.07, 6.45) is 4.17. The number of carbonyl (C=O) groups excluding carboxylic acids is 1. The zero-order chi connectivity index (χ0) is 15.5. The average Bonchev–Trinajstić information content (AvgIpc) is 2.79. The van der Waals surface area contributed by atoms with Crippen LogP contribution in [0.5, 0.6) is 0 Å². The Balaban J connectivity index is 1.62. The number of nitrogens with zero attached hydrogens (tertiary/aromatic N) is 1. The topological polar surface area (TPSA) is 49.8 Å². The van der Waals surface area contributed by atoms with Gasteiger partial charge in [-0.15, -0.1) is 0 Å². The first-order chi connectivity index (χ1) is 10.7. The van der Waals surface area contributed by atoms with E-state index in [0.717, 1.165) is 23.9 Å². The summed E-state index contributed by atoms with van der Waals surface area (Å²) in [7, 11) is 0. The second-order valence-corrected chi connectivity index (χ2v) is 6.70. The Morgan fingerprint density at radius 1 is 1.27 bits per heavy atom. The normalized spacial score (nSPS) is 29.3. The highest BCUT2D eigenvalue weighted by Gasteiger charge is 2.41. The summed E-state index contributed by atoms with van der Waals surface area (Å²) in [4.78, 5) is 14.9. The van der Waals surface area contributed by atoms with Crippen molar-refractivity contribution in [1.29, 1.82) is 0 Å². The fraction of sp³-hybridized carbons (Fsp3) is 0.588. The number of hydrogen-bond donors (Lipinski definition) is 1. The minimum atomic E-state index is -0.576. The van der Waals surface area contributed by atoms with Crippen molar-refractivity contribution in [3.63, 3.8) is 0 Å². The van der Waals surface area contributed by atoms with Crippen LogP contribution in [0.4, 0.5) is 0 Å². The zero-order valence-electron chi connectivity index (χ0n) is 12.5. The van der Waals surface area contributed by atoms with E-state index < -0.39 is 5.92 Å². The first-order valence-electron chi connectivity index (χ1n) is 7.91. The number of carbonyl (C=O) groups is 1. The van der Waals surface area contributed by atoms with E-state index >= 15 is 0 Å². The number of esters is 1. The molecule has 3 rings (SSSR count). The minimum Gasteiger partial charge on any atom is -0.462 e. The molecule has 0 radical (unpaired) electrons. The second-order valence-electron chi connectivity index (χ2n) is 6.19. The van der Waals surface area contributed by atoms with Gasteiger partial charge >= 0.3 is 5.97 Å². The summed E-state index contributed by atoms with van der Waals surface area (Å²) in [6.45, 7) is -0.212. The largest absolute Gasteiger partial charge is 0.462 e. The Labute approximate surface area is 139 Å². The molecule has 5 heteroatoms. The van der Waals surface area contributed by atoms with Gasteiger partial charge in [0, 0.05) is 24.9 Å². The van der Waals surface area contributed by atoms with Crippen molar-refractivity contribution in [1.82, 2.24) is 4.90 Å². The molecule has 0 aromatic heterocycles. The number of aliphatic hydroxyl groups excluding tert-OH is 1. The summed E-state index contributed by atoms with van der Waals surface area (Å²) in [5, 5.41) is 9.56. The van der Waals surface area contributed by atoms with Crippen LogP contribution in [0.25, 0.3) is 0 Å². The Hall–Kier alpha value is -0.910. The minimum absolute atomic E-state index is 0.0157. The Morgan fingerprint density at radius 2 is 1.91 bits per heavy atom. The summed E-state index contributed by atoms with van der Waals surface area (Å²) in [5.74, 6) is -0.876. The SMILES string of the molecule is O=C(O[C@H]1C[C@H]2CC[C@@H](C1)N2CBr)C(CO)c1ccccc1. The van der Waals surface area contributed by atoms with E-state index in [2.05, 4.69) is 20.8 Å². The predicted molar refractivity (Wildman–Crippen MR) is 87.8 cm³/mol. The molecule has 4 atom stereocenters. The highest BCUT2D eigenvalue weighted by molar-refractivity contribution is 9.09. The average molecular weight is 368 g/mol. The molecule has 2 saturated heterocycles. The molecule has 2 bridgehead atoms. The van der Waals surface area contributed by atoms with E-state index in [1.807, 2.05) is 30.3 Å². The molecule has 1 aromatic rings. The first kappa shape index (κ1) is 16.0. The Kier molecular flexibility index (Phi) is 5.16. The van der Waals surface area contributed by atoms with E-state index in [-0.39, 0.29) is 18.7 Å². The number of ether oxygens (including phenoxy) is 1. The van der Waals surface area contributed by atoms with Crippen LogP contribution in [0.2, 0.25) is 0 Å². The molecule has 1 aromatic carbocycles. The highest BCUT2D eigenvalue weighted by atomic mass is 79.9. The van der Waals surface area contributed by atoms with Gasteiger partial charge in [0.1, 0.15) is 12.0 Å². The Bertz CT molecular complexity index is 496. The van der Waals surface area contributed by atoms with Gasteiger partial charge in [-0.25, -0.2) is 0 Å². The molecule has 2 aliphatic heterocycles. The maximum absolute atomic E-state index is 12.4. The third-order valence-electron chi connectivity index (χ3n) is 4.93. The summed E-state index contributed by atoms with van der Waals surface area (Å²) in [6, 6.07) is 10.4. The van der Waals surface area contributed by atoms with Gasteiger partial charge in [0.15, 0.2) is 0 Å². The molecule has 1 N–H and O–H groups in total. The van der Waals surface area contributed by atoms with Crippen molar-refractivity contribution >= 4 is 21.9 Å². The van der Waals surface area contributed by atoms with Crippen LogP contribution in [-0.2, 0) is 9.53 Å². The van der Waals surface area contributed by atoms with Gasteiger partial charge < -0.3 is 9.84 Å². The number of hydrogen-bond acceptors (Lipinski definition) is 4. The van der Waals surface area contributed by atoms with Crippen molar-refractivity contribution in [2.24, 2.45) is 0 Å². The maximum Gasteiger partial charge on any atom is 0.316 e. The lowest BCUT2D eigenvalue weighted by molar-refractivity contribution is -0.155. The summed E-state index contributed by atoms with van der Waals surface area (Å²) < 4.78 is 5.73.